The third-order valence-electron chi connectivity index (χ3n) is 2.28. The van der Waals surface area contributed by atoms with Crippen molar-refractivity contribution in [2.24, 2.45) is 0 Å². The van der Waals surface area contributed by atoms with E-state index in [9.17, 15) is 0 Å². The SMILES string of the molecule is C1CN[C@@H]2CCO[C@@H]2C1. The standard InChI is InChI=1S/C7H13NO/c1-2-7-6(8-4-1)3-5-9-7/h6-8H,1-5H2/t6-,7-/m1/s1. The molecule has 2 rings (SSSR count). The first-order valence-electron chi connectivity index (χ1n) is 3.82. The highest BCUT2D eigenvalue weighted by atomic mass is 16.5. The van der Waals surface area contributed by atoms with Gasteiger partial charge in [0.05, 0.1) is 6.10 Å². The molecule has 2 heteroatoms. The topological polar surface area (TPSA) is 21.3 Å². The van der Waals surface area contributed by atoms with Crippen LogP contribution in [0.4, 0.5) is 0 Å². The molecule has 2 aliphatic heterocycles. The van der Waals surface area contributed by atoms with Crippen molar-refractivity contribution in [3.05, 3.63) is 0 Å². The number of hydrogen-bond acceptors (Lipinski definition) is 2. The van der Waals surface area contributed by atoms with E-state index in [1.807, 2.05) is 0 Å². The summed E-state index contributed by atoms with van der Waals surface area (Å²) in [5.74, 6) is 0. The lowest BCUT2D eigenvalue weighted by atomic mass is 10.0. The van der Waals surface area contributed by atoms with E-state index in [0.29, 0.717) is 12.1 Å². The van der Waals surface area contributed by atoms with Gasteiger partial charge in [0.1, 0.15) is 0 Å². The maximum absolute atomic E-state index is 5.49. The summed E-state index contributed by atoms with van der Waals surface area (Å²) in [6.07, 6.45) is 4.35. The second-order valence-electron chi connectivity index (χ2n) is 2.90. The van der Waals surface area contributed by atoms with E-state index < -0.39 is 0 Å². The zero-order valence-corrected chi connectivity index (χ0v) is 5.60. The van der Waals surface area contributed by atoms with E-state index in [1.54, 1.807) is 0 Å². The quantitative estimate of drug-likeness (QED) is 0.512. The zero-order valence-electron chi connectivity index (χ0n) is 5.60. The van der Waals surface area contributed by atoms with Crippen molar-refractivity contribution in [2.75, 3.05) is 13.2 Å². The minimum atomic E-state index is 0.554. The number of nitrogens with one attached hydrogen (secondary N) is 1. The number of rotatable bonds is 0. The van der Waals surface area contributed by atoms with Crippen LogP contribution < -0.4 is 5.32 Å². The summed E-state index contributed by atoms with van der Waals surface area (Å²) in [6, 6.07) is 0.693. The monoisotopic (exact) mass is 127 g/mol. The first-order chi connectivity index (χ1) is 4.47. The van der Waals surface area contributed by atoms with Crippen LogP contribution in [0.2, 0.25) is 0 Å². The predicted molar refractivity (Wildman–Crippen MR) is 35.4 cm³/mol. The van der Waals surface area contributed by atoms with Gasteiger partial charge in [0.15, 0.2) is 0 Å². The molecular weight excluding hydrogens is 114 g/mol. The average Bonchev–Trinajstić information content (AvgIpc) is 2.33. The molecule has 0 amide bonds. The average molecular weight is 127 g/mol. The van der Waals surface area contributed by atoms with Gasteiger partial charge in [0, 0.05) is 12.6 Å². The van der Waals surface area contributed by atoms with Gasteiger partial charge in [-0.15, -0.1) is 0 Å². The third-order valence-corrected chi connectivity index (χ3v) is 2.28. The number of fused-ring (bicyclic) bond motifs is 1. The molecule has 1 N–H and O–H groups in total. The molecule has 2 atom stereocenters. The van der Waals surface area contributed by atoms with Gasteiger partial charge in [-0.3, -0.25) is 0 Å². The Labute approximate surface area is 55.6 Å². The molecule has 2 aliphatic rings. The van der Waals surface area contributed by atoms with Crippen molar-refractivity contribution in [3.8, 4) is 0 Å². The molecule has 0 aliphatic carbocycles. The van der Waals surface area contributed by atoms with Gasteiger partial charge in [0.25, 0.3) is 0 Å². The molecule has 2 nitrogen and oxygen atoms in total. The second kappa shape index (κ2) is 2.27. The van der Waals surface area contributed by atoms with Crippen LogP contribution in [-0.4, -0.2) is 25.3 Å². The summed E-state index contributed by atoms with van der Waals surface area (Å²) >= 11 is 0. The van der Waals surface area contributed by atoms with Crippen LogP contribution in [0.3, 0.4) is 0 Å². The molecular formula is C7H13NO. The van der Waals surface area contributed by atoms with E-state index in [4.69, 9.17) is 4.74 Å². The summed E-state index contributed by atoms with van der Waals surface area (Å²) in [7, 11) is 0. The fourth-order valence-electron chi connectivity index (χ4n) is 1.76. The highest BCUT2D eigenvalue weighted by molar-refractivity contribution is 4.85. The molecule has 9 heavy (non-hydrogen) atoms. The van der Waals surface area contributed by atoms with E-state index in [1.165, 1.54) is 25.8 Å². The van der Waals surface area contributed by atoms with Gasteiger partial charge < -0.3 is 10.1 Å². The minimum absolute atomic E-state index is 0.554. The summed E-state index contributed by atoms with van der Waals surface area (Å²) in [5, 5.41) is 3.46. The zero-order chi connectivity index (χ0) is 6.10. The maximum Gasteiger partial charge on any atom is 0.0729 e. The highest BCUT2D eigenvalue weighted by Gasteiger charge is 2.29. The molecule has 52 valence electrons. The van der Waals surface area contributed by atoms with Gasteiger partial charge >= 0.3 is 0 Å². The second-order valence-corrected chi connectivity index (χ2v) is 2.90. The maximum atomic E-state index is 5.49. The van der Waals surface area contributed by atoms with Gasteiger partial charge in [0.2, 0.25) is 0 Å². The lowest BCUT2D eigenvalue weighted by molar-refractivity contribution is 0.0789. The van der Waals surface area contributed by atoms with Crippen molar-refractivity contribution >= 4 is 0 Å². The molecule has 0 aromatic carbocycles. The number of ether oxygens (including phenoxy) is 1. The van der Waals surface area contributed by atoms with Gasteiger partial charge in [-0.05, 0) is 25.8 Å². The Hall–Kier alpha value is -0.0800. The molecule has 0 aromatic heterocycles. The van der Waals surface area contributed by atoms with E-state index in [2.05, 4.69) is 5.32 Å². The van der Waals surface area contributed by atoms with Crippen molar-refractivity contribution in [1.29, 1.82) is 0 Å². The molecule has 0 spiro atoms. The van der Waals surface area contributed by atoms with E-state index in [-0.39, 0.29) is 0 Å². The van der Waals surface area contributed by atoms with Crippen LogP contribution in [0.5, 0.6) is 0 Å². The van der Waals surface area contributed by atoms with Crippen LogP contribution >= 0.6 is 0 Å². The van der Waals surface area contributed by atoms with Crippen LogP contribution in [0, 0.1) is 0 Å². The van der Waals surface area contributed by atoms with Crippen molar-refractivity contribution in [3.63, 3.8) is 0 Å². The Bertz CT molecular complexity index is 93.1. The van der Waals surface area contributed by atoms with Crippen LogP contribution in [0.1, 0.15) is 19.3 Å². The smallest absolute Gasteiger partial charge is 0.0729 e. The largest absolute Gasteiger partial charge is 0.377 e. The van der Waals surface area contributed by atoms with Gasteiger partial charge in [-0.2, -0.15) is 0 Å². The molecule has 2 fully saturated rings. The van der Waals surface area contributed by atoms with Gasteiger partial charge in [-0.25, -0.2) is 0 Å². The summed E-state index contributed by atoms with van der Waals surface area (Å²) in [6.45, 7) is 2.17. The van der Waals surface area contributed by atoms with Crippen LogP contribution in [0.25, 0.3) is 0 Å². The van der Waals surface area contributed by atoms with Gasteiger partial charge in [-0.1, -0.05) is 0 Å². The Morgan fingerprint density at radius 2 is 2.33 bits per heavy atom. The molecule has 2 heterocycles. The Morgan fingerprint density at radius 1 is 1.33 bits per heavy atom. The molecule has 0 bridgehead atoms. The van der Waals surface area contributed by atoms with Crippen LogP contribution in [0.15, 0.2) is 0 Å². The summed E-state index contributed by atoms with van der Waals surface area (Å²) < 4.78 is 5.49. The number of piperidine rings is 1. The summed E-state index contributed by atoms with van der Waals surface area (Å²) in [4.78, 5) is 0. The Balaban J connectivity index is 1.97. The molecule has 0 aromatic rings. The Morgan fingerprint density at radius 3 is 3.22 bits per heavy atom. The van der Waals surface area contributed by atoms with Crippen molar-refractivity contribution in [2.45, 2.75) is 31.4 Å². The summed E-state index contributed by atoms with van der Waals surface area (Å²) in [5.41, 5.74) is 0. The molecule has 0 unspecified atom stereocenters. The lowest BCUT2D eigenvalue weighted by Gasteiger charge is -2.24. The molecule has 0 radical (unpaired) electrons. The normalized spacial score (nSPS) is 42.7. The van der Waals surface area contributed by atoms with Crippen molar-refractivity contribution in [1.82, 2.24) is 5.32 Å². The third kappa shape index (κ3) is 0.970. The molecule has 2 saturated heterocycles. The van der Waals surface area contributed by atoms with E-state index in [0.717, 1.165) is 6.61 Å². The highest BCUT2D eigenvalue weighted by Crippen LogP contribution is 2.20. The first kappa shape index (κ1) is 5.69. The predicted octanol–water partition coefficient (Wildman–Crippen LogP) is 0.527. The van der Waals surface area contributed by atoms with E-state index >= 15 is 0 Å². The molecule has 0 saturated carbocycles. The first-order valence-corrected chi connectivity index (χ1v) is 3.82. The fraction of sp³-hybridized carbons (Fsp3) is 1.00. The fourth-order valence-corrected chi connectivity index (χ4v) is 1.76. The minimum Gasteiger partial charge on any atom is -0.377 e. The van der Waals surface area contributed by atoms with Crippen LogP contribution in [-0.2, 0) is 4.74 Å². The lowest BCUT2D eigenvalue weighted by Crippen LogP contribution is -2.41. The van der Waals surface area contributed by atoms with Crippen molar-refractivity contribution < 1.29 is 4.74 Å². The Kier molecular flexibility index (Phi) is 1.44. The number of hydrogen-bond donors (Lipinski definition) is 1.